The number of alkyl carbamates (subject to hydrolysis) is 1. The molecular weight excluding hydrogens is 522 g/mol. The number of benzene rings is 2. The number of aliphatic hydroxyl groups is 2. The van der Waals surface area contributed by atoms with Crippen molar-refractivity contribution in [3.05, 3.63) is 71.8 Å². The van der Waals surface area contributed by atoms with E-state index < -0.39 is 47.5 Å². The van der Waals surface area contributed by atoms with Gasteiger partial charge >= 0.3 is 6.09 Å². The highest BCUT2D eigenvalue weighted by atomic mass is 16.6. The van der Waals surface area contributed by atoms with Gasteiger partial charge in [-0.05, 0) is 50.2 Å². The third kappa shape index (κ3) is 12.6. The van der Waals surface area contributed by atoms with Crippen molar-refractivity contribution in [2.24, 2.45) is 5.41 Å². The first-order chi connectivity index (χ1) is 19.2. The van der Waals surface area contributed by atoms with Gasteiger partial charge in [0.2, 0.25) is 5.91 Å². The lowest BCUT2D eigenvalue weighted by Gasteiger charge is -2.32. The Kier molecular flexibility index (Phi) is 13.2. The van der Waals surface area contributed by atoms with Crippen LogP contribution in [0, 0.1) is 5.41 Å². The van der Waals surface area contributed by atoms with E-state index in [0.29, 0.717) is 12.8 Å². The van der Waals surface area contributed by atoms with Gasteiger partial charge in [0.15, 0.2) is 0 Å². The molecule has 9 nitrogen and oxygen atoms in total. The monoisotopic (exact) mass is 571 g/mol. The predicted molar refractivity (Wildman–Crippen MR) is 161 cm³/mol. The van der Waals surface area contributed by atoms with Crippen molar-refractivity contribution in [3.63, 3.8) is 0 Å². The molecule has 0 radical (unpaired) electrons. The molecule has 0 bridgehead atoms. The molecule has 0 saturated heterocycles. The Balaban J connectivity index is 2.08. The molecule has 0 heterocycles. The molecule has 5 atom stereocenters. The van der Waals surface area contributed by atoms with E-state index in [2.05, 4.69) is 16.0 Å². The van der Waals surface area contributed by atoms with E-state index in [4.69, 9.17) is 9.47 Å². The zero-order valence-corrected chi connectivity index (χ0v) is 25.5. The summed E-state index contributed by atoms with van der Waals surface area (Å²) in [6.07, 6.45) is -2.44. The van der Waals surface area contributed by atoms with Gasteiger partial charge in [-0.15, -0.1) is 0 Å². The van der Waals surface area contributed by atoms with Crippen molar-refractivity contribution in [3.8, 4) is 0 Å². The van der Waals surface area contributed by atoms with E-state index in [1.54, 1.807) is 20.8 Å². The normalized spacial score (nSPS) is 15.7. The van der Waals surface area contributed by atoms with E-state index in [-0.39, 0.29) is 19.0 Å². The Morgan fingerprint density at radius 3 is 1.59 bits per heavy atom. The van der Waals surface area contributed by atoms with Crippen LogP contribution in [0.2, 0.25) is 0 Å². The van der Waals surface area contributed by atoms with Gasteiger partial charge in [0, 0.05) is 20.2 Å². The first-order valence-corrected chi connectivity index (χ1v) is 14.2. The highest BCUT2D eigenvalue weighted by molar-refractivity contribution is 5.82. The fourth-order valence-electron chi connectivity index (χ4n) is 4.54. The molecule has 0 saturated carbocycles. The lowest BCUT2D eigenvalue weighted by atomic mass is 9.88. The van der Waals surface area contributed by atoms with Crippen molar-refractivity contribution >= 4 is 12.0 Å². The van der Waals surface area contributed by atoms with Crippen LogP contribution in [0.4, 0.5) is 4.79 Å². The molecule has 0 aliphatic rings. The SMILES string of the molecule is COC(C(=O)N[C@@H](Cc1ccccc1)[C@H](O)CNC[C@@H](O)[C@H](Cc1ccccc1)NC(=O)OC(C)(C)C)C(C)(C)C. The van der Waals surface area contributed by atoms with Crippen LogP contribution in [0.1, 0.15) is 52.7 Å². The molecular formula is C32H49N3O6. The summed E-state index contributed by atoms with van der Waals surface area (Å²) in [7, 11) is 1.50. The highest BCUT2D eigenvalue weighted by Crippen LogP contribution is 2.22. The number of hydrogen-bond acceptors (Lipinski definition) is 7. The smallest absolute Gasteiger partial charge is 0.407 e. The van der Waals surface area contributed by atoms with Gasteiger partial charge in [0.05, 0.1) is 24.3 Å². The summed E-state index contributed by atoms with van der Waals surface area (Å²) in [6, 6.07) is 17.9. The van der Waals surface area contributed by atoms with Crippen LogP contribution in [0.5, 0.6) is 0 Å². The van der Waals surface area contributed by atoms with Crippen LogP contribution < -0.4 is 16.0 Å². The van der Waals surface area contributed by atoms with Gasteiger partial charge in [-0.25, -0.2) is 4.79 Å². The highest BCUT2D eigenvalue weighted by Gasteiger charge is 2.34. The minimum absolute atomic E-state index is 0.0963. The van der Waals surface area contributed by atoms with E-state index in [1.807, 2.05) is 81.4 Å². The first kappa shape index (κ1) is 34.2. The number of carbonyl (C=O) groups is 2. The third-order valence-electron chi connectivity index (χ3n) is 6.52. The minimum Gasteiger partial charge on any atom is -0.444 e. The number of nitrogens with one attached hydrogen (secondary N) is 3. The van der Waals surface area contributed by atoms with Gasteiger partial charge in [0.25, 0.3) is 0 Å². The van der Waals surface area contributed by atoms with Gasteiger partial charge < -0.3 is 35.6 Å². The van der Waals surface area contributed by atoms with Crippen LogP contribution in [0.25, 0.3) is 0 Å². The molecule has 9 heteroatoms. The minimum atomic E-state index is -0.976. The maximum atomic E-state index is 13.1. The zero-order chi connectivity index (χ0) is 30.6. The molecule has 2 aromatic rings. The molecule has 0 spiro atoms. The number of aliphatic hydroxyl groups excluding tert-OH is 2. The van der Waals surface area contributed by atoms with Gasteiger partial charge in [0.1, 0.15) is 11.7 Å². The molecule has 0 aliphatic heterocycles. The van der Waals surface area contributed by atoms with E-state index in [9.17, 15) is 19.8 Å². The Morgan fingerprint density at radius 1 is 0.756 bits per heavy atom. The maximum Gasteiger partial charge on any atom is 0.407 e. The lowest BCUT2D eigenvalue weighted by molar-refractivity contribution is -0.138. The number of ether oxygens (including phenoxy) is 2. The molecule has 2 amide bonds. The van der Waals surface area contributed by atoms with Gasteiger partial charge in [-0.1, -0.05) is 81.4 Å². The Hall–Kier alpha value is -2.98. The Labute approximate surface area is 245 Å². The molecule has 5 N–H and O–H groups in total. The first-order valence-electron chi connectivity index (χ1n) is 14.2. The molecule has 2 rings (SSSR count). The van der Waals surface area contributed by atoms with Crippen LogP contribution in [0.15, 0.2) is 60.7 Å². The lowest BCUT2D eigenvalue weighted by Crippen LogP contribution is -2.55. The summed E-state index contributed by atoms with van der Waals surface area (Å²) in [6.45, 7) is 11.3. The second-order valence-electron chi connectivity index (χ2n) is 12.5. The molecule has 41 heavy (non-hydrogen) atoms. The van der Waals surface area contributed by atoms with Crippen molar-refractivity contribution in [1.82, 2.24) is 16.0 Å². The molecule has 228 valence electrons. The number of rotatable bonds is 14. The number of methoxy groups -OCH3 is 1. The maximum absolute atomic E-state index is 13.1. The molecule has 0 fully saturated rings. The van der Waals surface area contributed by atoms with E-state index in [0.717, 1.165) is 11.1 Å². The number of amides is 2. The van der Waals surface area contributed by atoms with Crippen molar-refractivity contribution in [1.29, 1.82) is 0 Å². The number of carbonyl (C=O) groups excluding carboxylic acids is 2. The third-order valence-corrected chi connectivity index (χ3v) is 6.52. The van der Waals surface area contributed by atoms with Crippen molar-refractivity contribution in [2.45, 2.75) is 90.4 Å². The molecule has 1 unspecified atom stereocenters. The molecule has 0 aliphatic carbocycles. The Bertz CT molecular complexity index is 1050. The fourth-order valence-corrected chi connectivity index (χ4v) is 4.54. The molecule has 2 aromatic carbocycles. The van der Waals surface area contributed by atoms with Gasteiger partial charge in [-0.2, -0.15) is 0 Å². The second kappa shape index (κ2) is 15.9. The van der Waals surface area contributed by atoms with Gasteiger partial charge in [-0.3, -0.25) is 4.79 Å². The predicted octanol–water partition coefficient (Wildman–Crippen LogP) is 3.22. The zero-order valence-electron chi connectivity index (χ0n) is 25.5. The summed E-state index contributed by atoms with van der Waals surface area (Å²) in [5.41, 5.74) is 0.802. The molecule has 0 aromatic heterocycles. The fraction of sp³-hybridized carbons (Fsp3) is 0.562. The van der Waals surface area contributed by atoms with Crippen LogP contribution in [0.3, 0.4) is 0 Å². The van der Waals surface area contributed by atoms with E-state index >= 15 is 0 Å². The quantitative estimate of drug-likeness (QED) is 0.236. The van der Waals surface area contributed by atoms with E-state index in [1.165, 1.54) is 7.11 Å². The topological polar surface area (TPSA) is 129 Å². The summed E-state index contributed by atoms with van der Waals surface area (Å²) >= 11 is 0. The summed E-state index contributed by atoms with van der Waals surface area (Å²) < 4.78 is 10.9. The van der Waals surface area contributed by atoms with Crippen LogP contribution in [-0.4, -0.2) is 78.4 Å². The van der Waals surface area contributed by atoms with Crippen LogP contribution in [-0.2, 0) is 27.1 Å². The average molecular weight is 572 g/mol. The standard InChI is InChI=1S/C32H49N3O6/c1-31(2,3)28(40-7)29(38)34-24(18-22-14-10-8-11-15-22)26(36)20-33-21-27(37)25(19-23-16-12-9-13-17-23)35-30(39)41-32(4,5)6/h8-17,24-28,33,36-37H,18-21H2,1-7H3,(H,34,38)(H,35,39)/t24-,25-,26+,27+,28?/m0/s1. The largest absolute Gasteiger partial charge is 0.444 e. The van der Waals surface area contributed by atoms with Crippen molar-refractivity contribution in [2.75, 3.05) is 20.2 Å². The number of hydrogen-bond donors (Lipinski definition) is 5. The Morgan fingerprint density at radius 2 is 1.20 bits per heavy atom. The summed E-state index contributed by atoms with van der Waals surface area (Å²) in [5, 5.41) is 31.1. The van der Waals surface area contributed by atoms with Crippen molar-refractivity contribution < 1.29 is 29.3 Å². The van der Waals surface area contributed by atoms with Crippen LogP contribution >= 0.6 is 0 Å². The summed E-state index contributed by atoms with van der Waals surface area (Å²) in [5.74, 6) is -0.301. The second-order valence-corrected chi connectivity index (χ2v) is 12.5. The summed E-state index contributed by atoms with van der Waals surface area (Å²) in [4.78, 5) is 25.6. The average Bonchev–Trinajstić information content (AvgIpc) is 2.87.